The van der Waals surface area contributed by atoms with E-state index in [0.29, 0.717) is 30.8 Å². The van der Waals surface area contributed by atoms with Crippen molar-refractivity contribution in [3.05, 3.63) is 29.6 Å². The van der Waals surface area contributed by atoms with Gasteiger partial charge in [0.25, 0.3) is 0 Å². The predicted molar refractivity (Wildman–Crippen MR) is 67.7 cm³/mol. The van der Waals surface area contributed by atoms with E-state index in [1.165, 1.54) is 6.07 Å². The van der Waals surface area contributed by atoms with Crippen LogP contribution < -0.4 is 16.2 Å². The minimum atomic E-state index is -1.01. The van der Waals surface area contributed by atoms with Crippen molar-refractivity contribution in [2.24, 2.45) is 11.5 Å². The molecule has 1 unspecified atom stereocenters. The molecular formula is C13H19FN2O2. The minimum absolute atomic E-state index is 0.259. The van der Waals surface area contributed by atoms with Crippen molar-refractivity contribution in [3.63, 3.8) is 0 Å². The largest absolute Gasteiger partial charge is 0.494 e. The standard InChI is InChI=1S/C13H19FN2O2/c1-9-8-10(4-5-11(9)14)18-7-3-6-13(2,16)12(15)17/h4-5,8H,3,6-7,16H2,1-2H3,(H2,15,17). The van der Waals surface area contributed by atoms with E-state index in [-0.39, 0.29) is 5.82 Å². The Morgan fingerprint density at radius 1 is 1.50 bits per heavy atom. The van der Waals surface area contributed by atoms with Crippen LogP contribution in [0.2, 0.25) is 0 Å². The molecule has 18 heavy (non-hydrogen) atoms. The molecule has 0 saturated carbocycles. The lowest BCUT2D eigenvalue weighted by atomic mass is 9.97. The van der Waals surface area contributed by atoms with Gasteiger partial charge < -0.3 is 16.2 Å². The van der Waals surface area contributed by atoms with Gasteiger partial charge in [-0.15, -0.1) is 0 Å². The number of carbonyl (C=O) groups is 1. The van der Waals surface area contributed by atoms with E-state index in [1.807, 2.05) is 0 Å². The molecule has 4 N–H and O–H groups in total. The van der Waals surface area contributed by atoms with Crippen LogP contribution in [0.5, 0.6) is 5.75 Å². The average Bonchev–Trinajstić information content (AvgIpc) is 2.29. The number of ether oxygens (including phenoxy) is 1. The van der Waals surface area contributed by atoms with Gasteiger partial charge in [0.1, 0.15) is 11.6 Å². The van der Waals surface area contributed by atoms with Crippen molar-refractivity contribution in [1.29, 1.82) is 0 Å². The first-order valence-corrected chi connectivity index (χ1v) is 5.80. The lowest BCUT2D eigenvalue weighted by Gasteiger charge is -2.20. The quantitative estimate of drug-likeness (QED) is 0.755. The van der Waals surface area contributed by atoms with E-state index < -0.39 is 11.4 Å². The van der Waals surface area contributed by atoms with Gasteiger partial charge in [0, 0.05) is 0 Å². The van der Waals surface area contributed by atoms with Gasteiger partial charge in [-0.25, -0.2) is 4.39 Å². The molecule has 1 amide bonds. The molecule has 0 spiro atoms. The SMILES string of the molecule is Cc1cc(OCCCC(C)(N)C(N)=O)ccc1F. The van der Waals surface area contributed by atoms with Crippen LogP contribution in [-0.2, 0) is 4.79 Å². The van der Waals surface area contributed by atoms with E-state index in [9.17, 15) is 9.18 Å². The Hall–Kier alpha value is -1.62. The summed E-state index contributed by atoms with van der Waals surface area (Å²) in [6, 6.07) is 4.56. The summed E-state index contributed by atoms with van der Waals surface area (Å²) in [6.45, 7) is 3.68. The number of primary amides is 1. The van der Waals surface area contributed by atoms with Crippen LogP contribution in [0.25, 0.3) is 0 Å². The zero-order valence-corrected chi connectivity index (χ0v) is 10.7. The molecule has 5 heteroatoms. The summed E-state index contributed by atoms with van der Waals surface area (Å²) in [5.74, 6) is -0.183. The highest BCUT2D eigenvalue weighted by molar-refractivity contribution is 5.83. The second kappa shape index (κ2) is 5.82. The molecule has 100 valence electrons. The number of hydrogen-bond donors (Lipinski definition) is 2. The molecule has 4 nitrogen and oxygen atoms in total. The van der Waals surface area contributed by atoms with Gasteiger partial charge in [-0.2, -0.15) is 0 Å². The molecule has 0 aliphatic heterocycles. The fraction of sp³-hybridized carbons (Fsp3) is 0.462. The fourth-order valence-electron chi connectivity index (χ4n) is 1.46. The summed E-state index contributed by atoms with van der Waals surface area (Å²) in [5.41, 5.74) is 10.4. The highest BCUT2D eigenvalue weighted by atomic mass is 19.1. The number of carbonyl (C=O) groups excluding carboxylic acids is 1. The van der Waals surface area contributed by atoms with Crippen LogP contribution in [0.15, 0.2) is 18.2 Å². The monoisotopic (exact) mass is 254 g/mol. The minimum Gasteiger partial charge on any atom is -0.494 e. The lowest BCUT2D eigenvalue weighted by Crippen LogP contribution is -2.49. The van der Waals surface area contributed by atoms with E-state index in [2.05, 4.69) is 0 Å². The van der Waals surface area contributed by atoms with Crippen molar-refractivity contribution < 1.29 is 13.9 Å². The van der Waals surface area contributed by atoms with Gasteiger partial charge in [-0.05, 0) is 50.5 Å². The Labute approximate surface area is 106 Å². The molecule has 0 bridgehead atoms. The molecule has 1 aromatic rings. The number of benzene rings is 1. The van der Waals surface area contributed by atoms with Crippen molar-refractivity contribution in [2.75, 3.05) is 6.61 Å². The first-order valence-electron chi connectivity index (χ1n) is 5.80. The van der Waals surface area contributed by atoms with E-state index in [4.69, 9.17) is 16.2 Å². The number of hydrogen-bond acceptors (Lipinski definition) is 3. The maximum atomic E-state index is 13.0. The van der Waals surface area contributed by atoms with Gasteiger partial charge >= 0.3 is 0 Å². The molecule has 0 saturated heterocycles. The third-order valence-electron chi connectivity index (χ3n) is 2.80. The Bertz CT molecular complexity index is 433. The Morgan fingerprint density at radius 2 is 2.17 bits per heavy atom. The van der Waals surface area contributed by atoms with Crippen LogP contribution in [0.4, 0.5) is 4.39 Å². The Kier molecular flexibility index (Phi) is 4.67. The Balaban J connectivity index is 2.38. The van der Waals surface area contributed by atoms with Crippen LogP contribution >= 0.6 is 0 Å². The number of aryl methyl sites for hydroxylation is 1. The van der Waals surface area contributed by atoms with Crippen molar-refractivity contribution in [3.8, 4) is 5.75 Å². The second-order valence-electron chi connectivity index (χ2n) is 4.64. The summed E-state index contributed by atoms with van der Waals surface area (Å²) in [5, 5.41) is 0. The molecule has 0 aliphatic rings. The molecule has 0 aliphatic carbocycles. The zero-order valence-electron chi connectivity index (χ0n) is 10.7. The molecule has 0 heterocycles. The first kappa shape index (κ1) is 14.4. The zero-order chi connectivity index (χ0) is 13.8. The maximum absolute atomic E-state index is 13.0. The van der Waals surface area contributed by atoms with Crippen molar-refractivity contribution in [1.82, 2.24) is 0 Å². The molecule has 0 radical (unpaired) electrons. The number of rotatable bonds is 6. The molecule has 1 atom stereocenters. The summed E-state index contributed by atoms with van der Waals surface area (Å²) in [6.07, 6.45) is 1.05. The van der Waals surface area contributed by atoms with Gasteiger partial charge in [0.2, 0.25) is 5.91 Å². The summed E-state index contributed by atoms with van der Waals surface area (Å²) in [7, 11) is 0. The topological polar surface area (TPSA) is 78.3 Å². The van der Waals surface area contributed by atoms with Crippen molar-refractivity contribution in [2.45, 2.75) is 32.2 Å². The lowest BCUT2D eigenvalue weighted by molar-refractivity contribution is -0.122. The highest BCUT2D eigenvalue weighted by Gasteiger charge is 2.24. The Morgan fingerprint density at radius 3 is 2.72 bits per heavy atom. The molecular weight excluding hydrogens is 235 g/mol. The molecule has 0 fully saturated rings. The van der Waals surface area contributed by atoms with Crippen LogP contribution in [-0.4, -0.2) is 18.1 Å². The molecule has 1 rings (SSSR count). The molecule has 0 aromatic heterocycles. The van der Waals surface area contributed by atoms with Gasteiger partial charge in [0.15, 0.2) is 0 Å². The summed E-state index contributed by atoms with van der Waals surface area (Å²) >= 11 is 0. The van der Waals surface area contributed by atoms with Crippen LogP contribution in [0.3, 0.4) is 0 Å². The number of halogens is 1. The molecule has 1 aromatic carbocycles. The normalized spacial score (nSPS) is 14.0. The predicted octanol–water partition coefficient (Wildman–Crippen LogP) is 1.50. The fourth-order valence-corrected chi connectivity index (χ4v) is 1.46. The van der Waals surface area contributed by atoms with E-state index in [1.54, 1.807) is 26.0 Å². The average molecular weight is 254 g/mol. The van der Waals surface area contributed by atoms with Crippen LogP contribution in [0, 0.1) is 12.7 Å². The summed E-state index contributed by atoms with van der Waals surface area (Å²) < 4.78 is 18.5. The number of amides is 1. The third-order valence-corrected chi connectivity index (χ3v) is 2.80. The smallest absolute Gasteiger partial charge is 0.237 e. The van der Waals surface area contributed by atoms with E-state index in [0.717, 1.165) is 0 Å². The van der Waals surface area contributed by atoms with Gasteiger partial charge in [-0.1, -0.05) is 0 Å². The van der Waals surface area contributed by atoms with Gasteiger partial charge in [0.05, 0.1) is 12.1 Å². The first-order chi connectivity index (χ1) is 8.33. The highest BCUT2D eigenvalue weighted by Crippen LogP contribution is 2.16. The second-order valence-corrected chi connectivity index (χ2v) is 4.64. The van der Waals surface area contributed by atoms with E-state index >= 15 is 0 Å². The van der Waals surface area contributed by atoms with Gasteiger partial charge in [-0.3, -0.25) is 4.79 Å². The number of nitrogens with two attached hydrogens (primary N) is 2. The maximum Gasteiger partial charge on any atom is 0.237 e. The van der Waals surface area contributed by atoms with Crippen molar-refractivity contribution >= 4 is 5.91 Å². The third kappa shape index (κ3) is 4.00. The summed E-state index contributed by atoms with van der Waals surface area (Å²) in [4.78, 5) is 11.0. The van der Waals surface area contributed by atoms with Crippen LogP contribution in [0.1, 0.15) is 25.3 Å².